The van der Waals surface area contributed by atoms with Crippen molar-refractivity contribution >= 4 is 29.1 Å². The maximum atomic E-state index is 4.87. The van der Waals surface area contributed by atoms with Crippen LogP contribution in [-0.4, -0.2) is 5.49 Å². The first kappa shape index (κ1) is 14.9. The second kappa shape index (κ2) is 6.46. The summed E-state index contributed by atoms with van der Waals surface area (Å²) < 4.78 is 0. The summed E-state index contributed by atoms with van der Waals surface area (Å²) >= 11 is 4.87. The van der Waals surface area contributed by atoms with E-state index in [2.05, 4.69) is 71.3 Å². The smallest absolute Gasteiger partial charge is 0.0658 e. The number of hydrogen-bond donors (Lipinski definition) is 2. The van der Waals surface area contributed by atoms with Gasteiger partial charge in [0.25, 0.3) is 0 Å². The Kier molecular flexibility index (Phi) is 4.01. The summed E-state index contributed by atoms with van der Waals surface area (Å²) in [4.78, 5) is 0. The molecule has 3 aromatic carbocycles. The third-order valence-corrected chi connectivity index (χ3v) is 4.56. The molecule has 2 N–H and O–H groups in total. The van der Waals surface area contributed by atoms with E-state index in [0.717, 1.165) is 18.7 Å². The molecule has 0 fully saturated rings. The number of nitrogens with one attached hydrogen (secondary N) is 2. The van der Waals surface area contributed by atoms with Gasteiger partial charge >= 0.3 is 0 Å². The minimum Gasteiger partial charge on any atom is -0.381 e. The van der Waals surface area contributed by atoms with E-state index < -0.39 is 0 Å². The SMILES string of the molecule is S=CNc1ccc2c(c1)Cc1cc(NCc3ccccc3)ccc1-2. The van der Waals surface area contributed by atoms with E-state index in [1.807, 2.05) is 6.07 Å². The molecule has 2 nitrogen and oxygen atoms in total. The van der Waals surface area contributed by atoms with Crippen LogP contribution < -0.4 is 10.6 Å². The Hall–Kier alpha value is -2.65. The fourth-order valence-electron chi connectivity index (χ4n) is 3.28. The maximum Gasteiger partial charge on any atom is 0.0658 e. The third kappa shape index (κ3) is 2.91. The molecule has 1 aliphatic carbocycles. The molecule has 24 heavy (non-hydrogen) atoms. The fourth-order valence-corrected chi connectivity index (χ4v) is 3.41. The van der Waals surface area contributed by atoms with E-state index in [9.17, 15) is 0 Å². The van der Waals surface area contributed by atoms with E-state index in [1.54, 1.807) is 5.49 Å². The van der Waals surface area contributed by atoms with Crippen LogP contribution in [-0.2, 0) is 13.0 Å². The Bertz CT molecular complexity index is 888. The van der Waals surface area contributed by atoms with E-state index in [1.165, 1.54) is 33.5 Å². The van der Waals surface area contributed by atoms with Crippen molar-refractivity contribution in [3.05, 3.63) is 83.4 Å². The lowest BCUT2D eigenvalue weighted by Gasteiger charge is -2.09. The molecule has 118 valence electrons. The Morgan fingerprint density at radius 3 is 2.21 bits per heavy atom. The van der Waals surface area contributed by atoms with Crippen molar-refractivity contribution in [3.8, 4) is 11.1 Å². The highest BCUT2D eigenvalue weighted by Crippen LogP contribution is 2.39. The molecule has 0 amide bonds. The van der Waals surface area contributed by atoms with Crippen molar-refractivity contribution < 1.29 is 0 Å². The first-order chi connectivity index (χ1) is 11.8. The van der Waals surface area contributed by atoms with Gasteiger partial charge < -0.3 is 10.6 Å². The van der Waals surface area contributed by atoms with E-state index in [0.29, 0.717) is 0 Å². The highest BCUT2D eigenvalue weighted by Gasteiger charge is 2.18. The zero-order valence-electron chi connectivity index (χ0n) is 13.3. The van der Waals surface area contributed by atoms with E-state index in [-0.39, 0.29) is 0 Å². The summed E-state index contributed by atoms with van der Waals surface area (Å²) in [6, 6.07) is 23.6. The Morgan fingerprint density at radius 2 is 1.50 bits per heavy atom. The molecule has 4 rings (SSSR count). The van der Waals surface area contributed by atoms with Gasteiger partial charge in [0, 0.05) is 17.9 Å². The second-order valence-electron chi connectivity index (χ2n) is 6.02. The molecule has 0 bridgehead atoms. The molecule has 0 spiro atoms. The van der Waals surface area contributed by atoms with Crippen LogP contribution in [0.4, 0.5) is 11.4 Å². The number of hydrogen-bond acceptors (Lipinski definition) is 2. The van der Waals surface area contributed by atoms with Gasteiger partial charge in [0.2, 0.25) is 0 Å². The van der Waals surface area contributed by atoms with Crippen molar-refractivity contribution in [2.24, 2.45) is 0 Å². The lowest BCUT2D eigenvalue weighted by Crippen LogP contribution is -1.99. The van der Waals surface area contributed by atoms with Crippen molar-refractivity contribution in [1.29, 1.82) is 0 Å². The molecule has 0 aromatic heterocycles. The number of benzene rings is 3. The van der Waals surface area contributed by atoms with Gasteiger partial charge in [-0.3, -0.25) is 0 Å². The average Bonchev–Trinajstić information content (AvgIpc) is 2.98. The molecular weight excluding hydrogens is 312 g/mol. The predicted octanol–water partition coefficient (Wildman–Crippen LogP) is 5.24. The van der Waals surface area contributed by atoms with Gasteiger partial charge in [-0.25, -0.2) is 0 Å². The number of rotatable bonds is 5. The monoisotopic (exact) mass is 330 g/mol. The largest absolute Gasteiger partial charge is 0.381 e. The first-order valence-electron chi connectivity index (χ1n) is 8.08. The quantitative estimate of drug-likeness (QED) is 0.489. The molecule has 0 saturated carbocycles. The normalized spacial score (nSPS) is 11.5. The van der Waals surface area contributed by atoms with Gasteiger partial charge in [-0.05, 0) is 58.5 Å². The summed E-state index contributed by atoms with van der Waals surface area (Å²) in [5, 5.41) is 6.61. The Morgan fingerprint density at radius 1 is 0.833 bits per heavy atom. The zero-order valence-corrected chi connectivity index (χ0v) is 14.1. The van der Waals surface area contributed by atoms with Crippen LogP contribution in [0.3, 0.4) is 0 Å². The predicted molar refractivity (Wildman–Crippen MR) is 106 cm³/mol. The average molecular weight is 330 g/mol. The van der Waals surface area contributed by atoms with Gasteiger partial charge in [-0.2, -0.15) is 0 Å². The van der Waals surface area contributed by atoms with Gasteiger partial charge in [0.1, 0.15) is 0 Å². The second-order valence-corrected chi connectivity index (χ2v) is 6.26. The van der Waals surface area contributed by atoms with Crippen molar-refractivity contribution in [3.63, 3.8) is 0 Å². The maximum absolute atomic E-state index is 4.87. The lowest BCUT2D eigenvalue weighted by atomic mass is 10.0. The molecule has 1 aliphatic rings. The molecule has 3 heteroatoms. The fraction of sp³-hybridized carbons (Fsp3) is 0.0952. The number of fused-ring (bicyclic) bond motifs is 3. The lowest BCUT2D eigenvalue weighted by molar-refractivity contribution is 1.14. The first-order valence-corrected chi connectivity index (χ1v) is 8.55. The van der Waals surface area contributed by atoms with Crippen LogP contribution in [0.25, 0.3) is 11.1 Å². The van der Waals surface area contributed by atoms with Crippen LogP contribution in [0.2, 0.25) is 0 Å². The molecule has 3 aromatic rings. The molecular formula is C21H18N2S. The third-order valence-electron chi connectivity index (χ3n) is 4.45. The minimum atomic E-state index is 0.843. The van der Waals surface area contributed by atoms with Crippen LogP contribution >= 0.6 is 12.2 Å². The topological polar surface area (TPSA) is 24.1 Å². The summed E-state index contributed by atoms with van der Waals surface area (Å²) in [7, 11) is 0. The van der Waals surface area contributed by atoms with E-state index in [4.69, 9.17) is 12.2 Å². The van der Waals surface area contributed by atoms with E-state index >= 15 is 0 Å². The molecule has 0 atom stereocenters. The number of thiocarbonyl (C=S) groups is 1. The van der Waals surface area contributed by atoms with Crippen molar-refractivity contribution in [2.75, 3.05) is 10.6 Å². The standard InChI is InChI=1S/C21H18N2S/c24-14-23-19-7-9-21-17(12-19)10-16-11-18(6-8-20(16)21)22-13-15-4-2-1-3-5-15/h1-9,11-12,14,22H,10,13H2,(H,23,24). The molecule has 0 saturated heterocycles. The van der Waals surface area contributed by atoms with Crippen LogP contribution in [0, 0.1) is 0 Å². The van der Waals surface area contributed by atoms with Gasteiger partial charge in [0.15, 0.2) is 0 Å². The Balaban J connectivity index is 1.54. The number of anilines is 2. The summed E-state index contributed by atoms with van der Waals surface area (Å²) in [5.74, 6) is 0. The summed E-state index contributed by atoms with van der Waals surface area (Å²) in [6.45, 7) is 0.843. The Labute approximate surface area is 147 Å². The van der Waals surface area contributed by atoms with Crippen LogP contribution in [0.15, 0.2) is 66.7 Å². The highest BCUT2D eigenvalue weighted by molar-refractivity contribution is 7.79. The van der Waals surface area contributed by atoms with Crippen molar-refractivity contribution in [1.82, 2.24) is 0 Å². The van der Waals surface area contributed by atoms with Crippen LogP contribution in [0.5, 0.6) is 0 Å². The highest BCUT2D eigenvalue weighted by atomic mass is 32.1. The van der Waals surface area contributed by atoms with Crippen LogP contribution in [0.1, 0.15) is 16.7 Å². The minimum absolute atomic E-state index is 0.843. The van der Waals surface area contributed by atoms with Gasteiger partial charge in [-0.15, -0.1) is 0 Å². The molecule has 0 heterocycles. The molecule has 0 unspecified atom stereocenters. The zero-order chi connectivity index (χ0) is 16.4. The summed E-state index contributed by atoms with van der Waals surface area (Å²) in [5.41, 5.74) is 10.5. The summed E-state index contributed by atoms with van der Waals surface area (Å²) in [6.07, 6.45) is 0.971. The van der Waals surface area contributed by atoms with Gasteiger partial charge in [-0.1, -0.05) is 54.7 Å². The molecule has 0 aliphatic heterocycles. The van der Waals surface area contributed by atoms with Crippen molar-refractivity contribution in [2.45, 2.75) is 13.0 Å². The van der Waals surface area contributed by atoms with Gasteiger partial charge in [0.05, 0.1) is 5.49 Å². The molecule has 0 radical (unpaired) electrons.